The summed E-state index contributed by atoms with van der Waals surface area (Å²) in [7, 11) is 0. The molecular formula is C11H9N3O2. The fourth-order valence-electron chi connectivity index (χ4n) is 1.76. The maximum Gasteiger partial charge on any atom is 0.169 e. The molecule has 0 aliphatic heterocycles. The van der Waals surface area contributed by atoms with E-state index in [2.05, 4.69) is 10.3 Å². The van der Waals surface area contributed by atoms with E-state index in [0.717, 1.165) is 22.2 Å². The number of hydrogen-bond donors (Lipinski definition) is 1. The molecule has 5 heteroatoms. The summed E-state index contributed by atoms with van der Waals surface area (Å²) in [5.74, 6) is 0.982. The highest BCUT2D eigenvalue weighted by atomic mass is 16.5. The van der Waals surface area contributed by atoms with E-state index < -0.39 is 0 Å². The zero-order valence-corrected chi connectivity index (χ0v) is 8.60. The number of aryl methyl sites for hydroxylation is 1. The molecule has 0 bridgehead atoms. The summed E-state index contributed by atoms with van der Waals surface area (Å²) in [4.78, 5) is 0. The number of fused-ring (bicyclic) bond motifs is 1. The molecule has 3 aromatic rings. The Morgan fingerprint density at radius 3 is 2.81 bits per heavy atom. The molecule has 0 aliphatic carbocycles. The SMILES string of the molecule is Cc1noc2cccc(-c3cc(N)no3)c12. The largest absolute Gasteiger partial charge is 0.381 e. The molecule has 1 aromatic carbocycles. The van der Waals surface area contributed by atoms with Gasteiger partial charge in [0, 0.05) is 11.6 Å². The minimum atomic E-state index is 0.362. The van der Waals surface area contributed by atoms with E-state index in [1.807, 2.05) is 25.1 Å². The van der Waals surface area contributed by atoms with Crippen LogP contribution >= 0.6 is 0 Å². The quantitative estimate of drug-likeness (QED) is 0.674. The molecule has 0 spiro atoms. The van der Waals surface area contributed by atoms with Gasteiger partial charge in [0.25, 0.3) is 0 Å². The second-order valence-electron chi connectivity index (χ2n) is 3.56. The predicted octanol–water partition coefficient (Wildman–Crippen LogP) is 2.37. The fourth-order valence-corrected chi connectivity index (χ4v) is 1.76. The molecule has 2 heterocycles. The highest BCUT2D eigenvalue weighted by Crippen LogP contribution is 2.31. The van der Waals surface area contributed by atoms with E-state index in [9.17, 15) is 0 Å². The molecule has 0 radical (unpaired) electrons. The van der Waals surface area contributed by atoms with Crippen LogP contribution < -0.4 is 5.73 Å². The van der Waals surface area contributed by atoms with Crippen molar-refractivity contribution in [3.63, 3.8) is 0 Å². The lowest BCUT2D eigenvalue weighted by atomic mass is 10.1. The van der Waals surface area contributed by atoms with Crippen LogP contribution in [0.4, 0.5) is 5.82 Å². The Hall–Kier alpha value is -2.30. The van der Waals surface area contributed by atoms with Gasteiger partial charge in [0.05, 0.1) is 11.1 Å². The summed E-state index contributed by atoms with van der Waals surface area (Å²) in [5.41, 5.74) is 7.97. The minimum absolute atomic E-state index is 0.362. The zero-order valence-electron chi connectivity index (χ0n) is 8.60. The monoisotopic (exact) mass is 215 g/mol. The van der Waals surface area contributed by atoms with E-state index in [1.165, 1.54) is 0 Å². The zero-order chi connectivity index (χ0) is 11.1. The fraction of sp³-hybridized carbons (Fsp3) is 0.0909. The Kier molecular flexibility index (Phi) is 1.73. The number of rotatable bonds is 1. The predicted molar refractivity (Wildman–Crippen MR) is 58.7 cm³/mol. The van der Waals surface area contributed by atoms with Gasteiger partial charge in [-0.15, -0.1) is 0 Å². The first-order valence-electron chi connectivity index (χ1n) is 4.83. The molecule has 0 aliphatic rings. The van der Waals surface area contributed by atoms with Gasteiger partial charge in [-0.25, -0.2) is 0 Å². The van der Waals surface area contributed by atoms with Crippen LogP contribution in [0.5, 0.6) is 0 Å². The van der Waals surface area contributed by atoms with Crippen molar-refractivity contribution in [3.8, 4) is 11.3 Å². The van der Waals surface area contributed by atoms with E-state index in [-0.39, 0.29) is 0 Å². The van der Waals surface area contributed by atoms with Gasteiger partial charge in [-0.2, -0.15) is 0 Å². The average molecular weight is 215 g/mol. The molecule has 80 valence electrons. The van der Waals surface area contributed by atoms with Crippen molar-refractivity contribution in [2.24, 2.45) is 0 Å². The number of benzene rings is 1. The molecule has 0 amide bonds. The van der Waals surface area contributed by atoms with Crippen LogP contribution in [0.2, 0.25) is 0 Å². The Morgan fingerprint density at radius 1 is 1.19 bits per heavy atom. The molecule has 0 saturated carbocycles. The van der Waals surface area contributed by atoms with E-state index in [0.29, 0.717) is 11.6 Å². The maximum absolute atomic E-state index is 5.53. The molecule has 0 unspecified atom stereocenters. The first-order chi connectivity index (χ1) is 7.75. The second kappa shape index (κ2) is 3.10. The smallest absolute Gasteiger partial charge is 0.169 e. The Labute approximate surface area is 90.8 Å². The van der Waals surface area contributed by atoms with Crippen molar-refractivity contribution in [3.05, 3.63) is 30.0 Å². The van der Waals surface area contributed by atoms with Gasteiger partial charge < -0.3 is 14.8 Å². The number of nitrogens with zero attached hydrogens (tertiary/aromatic N) is 2. The summed E-state index contributed by atoms with van der Waals surface area (Å²) >= 11 is 0. The lowest BCUT2D eigenvalue weighted by Gasteiger charge is -1.96. The van der Waals surface area contributed by atoms with Crippen LogP contribution in [0.1, 0.15) is 5.69 Å². The maximum atomic E-state index is 5.53. The minimum Gasteiger partial charge on any atom is -0.381 e. The van der Waals surface area contributed by atoms with E-state index in [1.54, 1.807) is 6.07 Å². The van der Waals surface area contributed by atoms with Crippen molar-refractivity contribution in [1.82, 2.24) is 10.3 Å². The van der Waals surface area contributed by atoms with Crippen molar-refractivity contribution in [2.75, 3.05) is 5.73 Å². The van der Waals surface area contributed by atoms with E-state index >= 15 is 0 Å². The third-order valence-corrected chi connectivity index (χ3v) is 2.46. The first-order valence-corrected chi connectivity index (χ1v) is 4.83. The van der Waals surface area contributed by atoms with Gasteiger partial charge in [0.15, 0.2) is 17.2 Å². The number of aromatic nitrogens is 2. The normalized spacial score (nSPS) is 11.1. The lowest BCUT2D eigenvalue weighted by molar-refractivity contribution is 0.436. The molecule has 0 fully saturated rings. The Morgan fingerprint density at radius 2 is 2.06 bits per heavy atom. The highest BCUT2D eigenvalue weighted by molar-refractivity contribution is 5.94. The van der Waals surface area contributed by atoms with Crippen molar-refractivity contribution in [1.29, 1.82) is 0 Å². The van der Waals surface area contributed by atoms with Gasteiger partial charge in [-0.1, -0.05) is 22.4 Å². The first kappa shape index (κ1) is 8.96. The van der Waals surface area contributed by atoms with Crippen LogP contribution in [-0.2, 0) is 0 Å². The van der Waals surface area contributed by atoms with Crippen LogP contribution in [0.3, 0.4) is 0 Å². The number of hydrogen-bond acceptors (Lipinski definition) is 5. The lowest BCUT2D eigenvalue weighted by Crippen LogP contribution is -1.80. The van der Waals surface area contributed by atoms with Crippen LogP contribution in [0, 0.1) is 6.92 Å². The third kappa shape index (κ3) is 1.18. The van der Waals surface area contributed by atoms with Crippen LogP contribution in [0.15, 0.2) is 33.3 Å². The molecule has 5 nitrogen and oxygen atoms in total. The van der Waals surface area contributed by atoms with Gasteiger partial charge in [-0.05, 0) is 13.0 Å². The molecule has 0 saturated heterocycles. The summed E-state index contributed by atoms with van der Waals surface area (Å²) < 4.78 is 10.3. The molecule has 0 atom stereocenters. The van der Waals surface area contributed by atoms with Gasteiger partial charge >= 0.3 is 0 Å². The van der Waals surface area contributed by atoms with Crippen molar-refractivity contribution < 1.29 is 9.05 Å². The number of anilines is 1. The van der Waals surface area contributed by atoms with Crippen LogP contribution in [0.25, 0.3) is 22.3 Å². The number of nitrogen functional groups attached to an aromatic ring is 1. The van der Waals surface area contributed by atoms with Crippen molar-refractivity contribution >= 4 is 16.8 Å². The van der Waals surface area contributed by atoms with Gasteiger partial charge in [0.2, 0.25) is 0 Å². The second-order valence-corrected chi connectivity index (χ2v) is 3.56. The Bertz CT molecular complexity index is 654. The topological polar surface area (TPSA) is 78.1 Å². The standard InChI is InChI=1S/C11H9N3O2/c1-6-11-7(9-5-10(12)14-16-9)3-2-4-8(11)15-13-6/h2-5H,1H3,(H2,12,14). The highest BCUT2D eigenvalue weighted by Gasteiger charge is 2.13. The third-order valence-electron chi connectivity index (χ3n) is 2.46. The summed E-state index contributed by atoms with van der Waals surface area (Å²) in [6.07, 6.45) is 0. The molecule has 16 heavy (non-hydrogen) atoms. The van der Waals surface area contributed by atoms with Gasteiger partial charge in [-0.3, -0.25) is 0 Å². The molecular weight excluding hydrogens is 206 g/mol. The summed E-state index contributed by atoms with van der Waals surface area (Å²) in [6.45, 7) is 1.88. The average Bonchev–Trinajstić information content (AvgIpc) is 2.86. The molecule has 2 aromatic heterocycles. The Balaban J connectivity index is 2.34. The summed E-state index contributed by atoms with van der Waals surface area (Å²) in [5, 5.41) is 8.52. The van der Waals surface area contributed by atoms with Crippen molar-refractivity contribution in [2.45, 2.75) is 6.92 Å². The van der Waals surface area contributed by atoms with Crippen LogP contribution in [-0.4, -0.2) is 10.3 Å². The molecule has 2 N–H and O–H groups in total. The van der Waals surface area contributed by atoms with E-state index in [4.69, 9.17) is 14.8 Å². The molecule has 3 rings (SSSR count). The summed E-state index contributed by atoms with van der Waals surface area (Å²) in [6, 6.07) is 7.34. The number of nitrogens with two attached hydrogens (primary N) is 1. The van der Waals surface area contributed by atoms with Gasteiger partial charge in [0.1, 0.15) is 0 Å².